The van der Waals surface area contributed by atoms with Crippen molar-refractivity contribution in [3.05, 3.63) is 67.9 Å². The van der Waals surface area contributed by atoms with Gasteiger partial charge < -0.3 is 5.32 Å². The number of nitro groups is 1. The van der Waals surface area contributed by atoms with Crippen LogP contribution in [-0.2, 0) is 6.54 Å². The molecule has 0 bridgehead atoms. The molecule has 21 heavy (non-hydrogen) atoms. The summed E-state index contributed by atoms with van der Waals surface area (Å²) in [6, 6.07) is 5.93. The minimum atomic E-state index is -0.533. The summed E-state index contributed by atoms with van der Waals surface area (Å²) >= 11 is 3.23. The highest BCUT2D eigenvalue weighted by Crippen LogP contribution is 2.22. The van der Waals surface area contributed by atoms with Crippen molar-refractivity contribution in [3.8, 4) is 0 Å². The van der Waals surface area contributed by atoms with Crippen LogP contribution in [0.25, 0.3) is 0 Å². The molecule has 0 aliphatic carbocycles. The number of nitro benzene ring substituents is 1. The molecule has 6 nitrogen and oxygen atoms in total. The first kappa shape index (κ1) is 15.1. The van der Waals surface area contributed by atoms with E-state index in [1.807, 2.05) is 13.0 Å². The summed E-state index contributed by atoms with van der Waals surface area (Å²) in [7, 11) is 0. The fourth-order valence-corrected chi connectivity index (χ4v) is 2.18. The van der Waals surface area contributed by atoms with Gasteiger partial charge in [-0.1, -0.05) is 0 Å². The number of non-ortho nitro benzene ring substituents is 1. The Balaban J connectivity index is 2.15. The second-order valence-corrected chi connectivity index (χ2v) is 5.26. The predicted octanol–water partition coefficient (Wildman–Crippen LogP) is 2.99. The number of carbonyl (C=O) groups excluding carboxylic acids is 1. The Kier molecular flexibility index (Phi) is 4.64. The maximum absolute atomic E-state index is 12.1. The number of nitrogens with zero attached hydrogens (tertiary/aromatic N) is 2. The molecule has 7 heteroatoms. The van der Waals surface area contributed by atoms with Gasteiger partial charge in [0.2, 0.25) is 0 Å². The summed E-state index contributed by atoms with van der Waals surface area (Å²) in [4.78, 5) is 26.4. The predicted molar refractivity (Wildman–Crippen MR) is 80.9 cm³/mol. The largest absolute Gasteiger partial charge is 0.348 e. The molecule has 2 rings (SSSR count). The van der Waals surface area contributed by atoms with E-state index in [4.69, 9.17) is 0 Å². The molecule has 0 aliphatic rings. The third-order valence-electron chi connectivity index (χ3n) is 2.99. The molecule has 108 valence electrons. The molecule has 0 saturated carbocycles. The first-order valence-corrected chi connectivity index (χ1v) is 6.90. The van der Waals surface area contributed by atoms with Crippen molar-refractivity contribution < 1.29 is 9.72 Å². The smallest absolute Gasteiger partial charge is 0.270 e. The monoisotopic (exact) mass is 349 g/mol. The van der Waals surface area contributed by atoms with E-state index in [1.54, 1.807) is 12.4 Å². The molecule has 0 spiro atoms. The van der Waals surface area contributed by atoms with Crippen LogP contribution in [0.1, 0.15) is 21.5 Å². The Hall–Kier alpha value is -2.28. The summed E-state index contributed by atoms with van der Waals surface area (Å²) in [6.45, 7) is 2.24. The SMILES string of the molecule is Cc1ccncc1CNC(=O)c1cc([N+](=O)[O-])ccc1Br. The fourth-order valence-electron chi connectivity index (χ4n) is 1.75. The molecular weight excluding hydrogens is 338 g/mol. The van der Waals surface area contributed by atoms with Crippen molar-refractivity contribution in [1.82, 2.24) is 10.3 Å². The van der Waals surface area contributed by atoms with Crippen LogP contribution < -0.4 is 5.32 Å². The van der Waals surface area contributed by atoms with E-state index in [-0.39, 0.29) is 17.2 Å². The average Bonchev–Trinajstić information content (AvgIpc) is 2.46. The molecular formula is C14H12BrN3O3. The van der Waals surface area contributed by atoms with E-state index in [9.17, 15) is 14.9 Å². The van der Waals surface area contributed by atoms with Crippen LogP contribution in [-0.4, -0.2) is 15.8 Å². The number of nitrogens with one attached hydrogen (secondary N) is 1. The first-order chi connectivity index (χ1) is 9.99. The Labute approximate surface area is 129 Å². The number of aromatic nitrogens is 1. The van der Waals surface area contributed by atoms with Crippen molar-refractivity contribution in [2.45, 2.75) is 13.5 Å². The molecule has 0 fully saturated rings. The Morgan fingerprint density at radius 1 is 1.43 bits per heavy atom. The lowest BCUT2D eigenvalue weighted by Gasteiger charge is -2.08. The molecule has 1 N–H and O–H groups in total. The van der Waals surface area contributed by atoms with E-state index >= 15 is 0 Å². The van der Waals surface area contributed by atoms with Gasteiger partial charge in [0.1, 0.15) is 0 Å². The minimum absolute atomic E-state index is 0.124. The maximum Gasteiger partial charge on any atom is 0.270 e. The second kappa shape index (κ2) is 6.45. The van der Waals surface area contributed by atoms with Gasteiger partial charge in [0, 0.05) is 35.5 Å². The van der Waals surface area contributed by atoms with Gasteiger partial charge in [-0.3, -0.25) is 19.9 Å². The molecule has 0 radical (unpaired) electrons. The highest BCUT2D eigenvalue weighted by atomic mass is 79.9. The van der Waals surface area contributed by atoms with Gasteiger partial charge in [-0.2, -0.15) is 0 Å². The van der Waals surface area contributed by atoms with Crippen LogP contribution in [0.4, 0.5) is 5.69 Å². The van der Waals surface area contributed by atoms with Gasteiger partial charge in [0.15, 0.2) is 0 Å². The van der Waals surface area contributed by atoms with Crippen molar-refractivity contribution >= 4 is 27.5 Å². The Bertz CT molecular complexity index is 704. The van der Waals surface area contributed by atoms with Crippen LogP contribution in [0, 0.1) is 17.0 Å². The first-order valence-electron chi connectivity index (χ1n) is 6.10. The highest BCUT2D eigenvalue weighted by Gasteiger charge is 2.15. The van der Waals surface area contributed by atoms with Gasteiger partial charge in [0.05, 0.1) is 10.5 Å². The van der Waals surface area contributed by atoms with Gasteiger partial charge in [0.25, 0.3) is 11.6 Å². The number of hydrogen-bond donors (Lipinski definition) is 1. The molecule has 2 aromatic rings. The summed E-state index contributed by atoms with van der Waals surface area (Å²) in [5.41, 5.74) is 2.02. The molecule has 1 amide bonds. The zero-order chi connectivity index (χ0) is 15.4. The molecule has 0 saturated heterocycles. The third-order valence-corrected chi connectivity index (χ3v) is 3.68. The van der Waals surface area contributed by atoms with Crippen LogP contribution in [0.3, 0.4) is 0 Å². The number of carbonyl (C=O) groups is 1. The number of benzene rings is 1. The van der Waals surface area contributed by atoms with Crippen molar-refractivity contribution in [2.75, 3.05) is 0 Å². The standard InChI is InChI=1S/C14H12BrN3O3/c1-9-4-5-16-7-10(9)8-17-14(19)12-6-11(18(20)21)2-3-13(12)15/h2-7H,8H2,1H3,(H,17,19). The molecule has 1 aromatic carbocycles. The third kappa shape index (κ3) is 3.63. The van der Waals surface area contributed by atoms with E-state index in [2.05, 4.69) is 26.2 Å². The van der Waals surface area contributed by atoms with E-state index in [1.165, 1.54) is 18.2 Å². The van der Waals surface area contributed by atoms with Crippen LogP contribution in [0.15, 0.2) is 41.1 Å². The average molecular weight is 350 g/mol. The Morgan fingerprint density at radius 3 is 2.86 bits per heavy atom. The number of halogens is 1. The van der Waals surface area contributed by atoms with Crippen molar-refractivity contribution in [3.63, 3.8) is 0 Å². The lowest BCUT2D eigenvalue weighted by Crippen LogP contribution is -2.23. The van der Waals surface area contributed by atoms with Crippen LogP contribution in [0.2, 0.25) is 0 Å². The van der Waals surface area contributed by atoms with E-state index in [0.717, 1.165) is 11.1 Å². The molecule has 0 atom stereocenters. The number of hydrogen-bond acceptors (Lipinski definition) is 4. The number of amides is 1. The lowest BCUT2D eigenvalue weighted by molar-refractivity contribution is -0.384. The normalized spacial score (nSPS) is 10.2. The number of rotatable bonds is 4. The second-order valence-electron chi connectivity index (χ2n) is 4.41. The van der Waals surface area contributed by atoms with Gasteiger partial charge in [-0.15, -0.1) is 0 Å². The highest BCUT2D eigenvalue weighted by molar-refractivity contribution is 9.10. The van der Waals surface area contributed by atoms with Crippen molar-refractivity contribution in [1.29, 1.82) is 0 Å². The molecule has 1 aromatic heterocycles. The maximum atomic E-state index is 12.1. The van der Waals surface area contributed by atoms with Gasteiger partial charge >= 0.3 is 0 Å². The van der Waals surface area contributed by atoms with E-state index < -0.39 is 4.92 Å². The van der Waals surface area contributed by atoms with Crippen molar-refractivity contribution in [2.24, 2.45) is 0 Å². The minimum Gasteiger partial charge on any atom is -0.348 e. The van der Waals surface area contributed by atoms with Gasteiger partial charge in [-0.25, -0.2) is 0 Å². The Morgan fingerprint density at radius 2 is 2.19 bits per heavy atom. The quantitative estimate of drug-likeness (QED) is 0.679. The molecule has 1 heterocycles. The summed E-state index contributed by atoms with van der Waals surface area (Å²) in [6.07, 6.45) is 3.36. The number of pyridine rings is 1. The van der Waals surface area contributed by atoms with E-state index in [0.29, 0.717) is 11.0 Å². The number of aryl methyl sites for hydroxylation is 1. The zero-order valence-electron chi connectivity index (χ0n) is 11.2. The van der Waals surface area contributed by atoms with Crippen LogP contribution >= 0.6 is 15.9 Å². The topological polar surface area (TPSA) is 85.1 Å². The fraction of sp³-hybridized carbons (Fsp3) is 0.143. The zero-order valence-corrected chi connectivity index (χ0v) is 12.8. The molecule has 0 unspecified atom stereocenters. The molecule has 0 aliphatic heterocycles. The van der Waals surface area contributed by atoms with Gasteiger partial charge in [-0.05, 0) is 46.1 Å². The summed E-state index contributed by atoms with van der Waals surface area (Å²) in [5, 5.41) is 13.5. The van der Waals surface area contributed by atoms with Crippen LogP contribution in [0.5, 0.6) is 0 Å². The lowest BCUT2D eigenvalue weighted by atomic mass is 10.1. The summed E-state index contributed by atoms with van der Waals surface area (Å²) < 4.78 is 0.508. The summed E-state index contributed by atoms with van der Waals surface area (Å²) in [5.74, 6) is -0.381.